The molecule has 1 aliphatic carbocycles. The van der Waals surface area contributed by atoms with Gasteiger partial charge in [0, 0.05) is 33.6 Å². The molecule has 204 valence electrons. The van der Waals surface area contributed by atoms with Gasteiger partial charge in [-0.2, -0.15) is 0 Å². The van der Waals surface area contributed by atoms with Crippen LogP contribution in [-0.2, 0) is 5.41 Å². The highest BCUT2D eigenvalue weighted by molar-refractivity contribution is 6.15. The van der Waals surface area contributed by atoms with Gasteiger partial charge in [0.15, 0.2) is 0 Å². The van der Waals surface area contributed by atoms with Crippen molar-refractivity contribution in [2.45, 2.75) is 19.3 Å². The van der Waals surface area contributed by atoms with Crippen LogP contribution in [0.2, 0.25) is 0 Å². The second-order valence-corrected chi connectivity index (χ2v) is 12.0. The minimum atomic E-state index is -0.0834. The van der Waals surface area contributed by atoms with Crippen molar-refractivity contribution >= 4 is 43.7 Å². The zero-order chi connectivity index (χ0) is 28.9. The van der Waals surface area contributed by atoms with E-state index in [0.717, 1.165) is 22.3 Å². The zero-order valence-electron chi connectivity index (χ0n) is 23.8. The highest BCUT2D eigenvalue weighted by Crippen LogP contribution is 2.52. The number of para-hydroxylation sites is 1. The molecule has 0 amide bonds. The lowest BCUT2D eigenvalue weighted by Gasteiger charge is -2.21. The van der Waals surface area contributed by atoms with E-state index in [1.165, 1.54) is 38.5 Å². The lowest BCUT2D eigenvalue weighted by molar-refractivity contribution is 0.660. The third-order valence-electron chi connectivity index (χ3n) is 9.31. The number of pyridine rings is 1. The molecule has 0 saturated carbocycles. The van der Waals surface area contributed by atoms with E-state index in [1.54, 1.807) is 0 Å². The maximum atomic E-state index is 13.1. The summed E-state index contributed by atoms with van der Waals surface area (Å²) in [7, 11) is 0. The molecule has 9 rings (SSSR count). The number of fused-ring (bicyclic) bond motifs is 9. The Morgan fingerprint density at radius 2 is 1.42 bits per heavy atom. The van der Waals surface area contributed by atoms with Crippen molar-refractivity contribution in [3.63, 3.8) is 0 Å². The van der Waals surface area contributed by atoms with Crippen molar-refractivity contribution in [1.82, 2.24) is 9.55 Å². The van der Waals surface area contributed by atoms with E-state index in [1.807, 2.05) is 54.9 Å². The van der Waals surface area contributed by atoms with Gasteiger partial charge in [-0.25, -0.2) is 0 Å². The van der Waals surface area contributed by atoms with Gasteiger partial charge in [0.2, 0.25) is 5.43 Å². The molecule has 0 fully saturated rings. The molecular formula is C39H26N2O2. The van der Waals surface area contributed by atoms with Crippen LogP contribution in [0.15, 0.2) is 131 Å². The van der Waals surface area contributed by atoms with E-state index in [9.17, 15) is 4.79 Å². The fraction of sp³-hybridized carbons (Fsp3) is 0.0769. The SMILES string of the molecule is CC1(C)c2ccccc2-c2c1ccc1c3ccncc3n(-c3ccc(-c4ccc5c(=O)c6ccccc6oc5c4)cc3)c21. The van der Waals surface area contributed by atoms with Crippen LogP contribution < -0.4 is 5.43 Å². The summed E-state index contributed by atoms with van der Waals surface area (Å²) in [5.74, 6) is 0. The molecule has 3 heterocycles. The molecule has 4 nitrogen and oxygen atoms in total. The van der Waals surface area contributed by atoms with Crippen molar-refractivity contribution in [2.24, 2.45) is 0 Å². The Bertz CT molecular complexity index is 2500. The topological polar surface area (TPSA) is 48.0 Å². The average molecular weight is 555 g/mol. The van der Waals surface area contributed by atoms with Crippen LogP contribution >= 0.6 is 0 Å². The van der Waals surface area contributed by atoms with Gasteiger partial charge in [-0.3, -0.25) is 9.78 Å². The van der Waals surface area contributed by atoms with E-state index < -0.39 is 0 Å². The number of nitrogens with zero attached hydrogens (tertiary/aromatic N) is 2. The van der Waals surface area contributed by atoms with Gasteiger partial charge in [0.25, 0.3) is 0 Å². The third kappa shape index (κ3) is 3.26. The second kappa shape index (κ2) is 8.52. The summed E-state index contributed by atoms with van der Waals surface area (Å²) in [6.45, 7) is 4.64. The molecule has 0 N–H and O–H groups in total. The van der Waals surface area contributed by atoms with Crippen molar-refractivity contribution < 1.29 is 4.42 Å². The zero-order valence-corrected chi connectivity index (χ0v) is 23.8. The first-order valence-corrected chi connectivity index (χ1v) is 14.6. The molecule has 1 aliphatic rings. The van der Waals surface area contributed by atoms with Gasteiger partial charge in [-0.15, -0.1) is 0 Å². The predicted molar refractivity (Wildman–Crippen MR) is 175 cm³/mol. The molecule has 0 aliphatic heterocycles. The first-order chi connectivity index (χ1) is 21.0. The summed E-state index contributed by atoms with van der Waals surface area (Å²) in [6.07, 6.45) is 3.85. The van der Waals surface area contributed by atoms with Gasteiger partial charge in [0.1, 0.15) is 11.2 Å². The molecule has 0 radical (unpaired) electrons. The molecule has 3 aromatic heterocycles. The number of benzene rings is 5. The number of aromatic nitrogens is 2. The van der Waals surface area contributed by atoms with E-state index in [4.69, 9.17) is 4.42 Å². The Labute approximate surface area is 247 Å². The highest BCUT2D eigenvalue weighted by Gasteiger charge is 2.37. The lowest BCUT2D eigenvalue weighted by atomic mass is 9.82. The Kier molecular flexibility index (Phi) is 4.79. The quantitative estimate of drug-likeness (QED) is 0.200. The van der Waals surface area contributed by atoms with Crippen molar-refractivity contribution in [2.75, 3.05) is 0 Å². The molecule has 0 bridgehead atoms. The van der Waals surface area contributed by atoms with E-state index in [0.29, 0.717) is 21.9 Å². The van der Waals surface area contributed by atoms with E-state index >= 15 is 0 Å². The molecule has 5 aromatic carbocycles. The van der Waals surface area contributed by atoms with Crippen molar-refractivity contribution in [1.29, 1.82) is 0 Å². The first-order valence-electron chi connectivity index (χ1n) is 14.6. The Hall–Kier alpha value is -5.48. The van der Waals surface area contributed by atoms with Crippen LogP contribution in [0.4, 0.5) is 0 Å². The standard InChI is InChI=1S/C39H26N2O2/c1-39(2)31-9-5-3-7-28(31)36-32(39)18-17-27-26-19-20-40-22-33(26)41(37(27)36)25-14-11-23(12-15-25)24-13-16-30-35(21-24)43-34-10-6-4-8-29(34)38(30)42/h3-22H,1-2H3. The summed E-state index contributed by atoms with van der Waals surface area (Å²) in [5.41, 5.74) is 11.8. The number of rotatable bonds is 2. The minimum Gasteiger partial charge on any atom is -0.456 e. The number of hydrogen-bond acceptors (Lipinski definition) is 3. The van der Waals surface area contributed by atoms with Crippen LogP contribution in [-0.4, -0.2) is 9.55 Å². The van der Waals surface area contributed by atoms with Crippen LogP contribution in [0.1, 0.15) is 25.0 Å². The highest BCUT2D eigenvalue weighted by atomic mass is 16.3. The largest absolute Gasteiger partial charge is 0.456 e. The van der Waals surface area contributed by atoms with Gasteiger partial charge in [0.05, 0.1) is 28.0 Å². The molecule has 0 spiro atoms. The van der Waals surface area contributed by atoms with Crippen LogP contribution in [0.25, 0.3) is 71.7 Å². The summed E-state index contributed by atoms with van der Waals surface area (Å²) in [4.78, 5) is 17.6. The Morgan fingerprint density at radius 1 is 0.674 bits per heavy atom. The first kappa shape index (κ1) is 24.2. The lowest BCUT2D eigenvalue weighted by Crippen LogP contribution is -2.14. The fourth-order valence-electron chi connectivity index (χ4n) is 7.19. The number of hydrogen-bond donors (Lipinski definition) is 0. The van der Waals surface area contributed by atoms with Gasteiger partial charge in [-0.05, 0) is 70.3 Å². The van der Waals surface area contributed by atoms with Gasteiger partial charge in [-0.1, -0.05) is 80.6 Å². The van der Waals surface area contributed by atoms with Crippen molar-refractivity contribution in [3.05, 3.63) is 143 Å². The predicted octanol–water partition coefficient (Wildman–Crippen LogP) is 9.41. The van der Waals surface area contributed by atoms with Crippen molar-refractivity contribution in [3.8, 4) is 27.9 Å². The molecule has 0 saturated heterocycles. The van der Waals surface area contributed by atoms with Crippen LogP contribution in [0.3, 0.4) is 0 Å². The molecule has 4 heteroatoms. The summed E-state index contributed by atoms with van der Waals surface area (Å²) < 4.78 is 8.51. The van der Waals surface area contributed by atoms with Gasteiger partial charge < -0.3 is 8.98 Å². The maximum Gasteiger partial charge on any atom is 0.200 e. The molecule has 0 unspecified atom stereocenters. The molecule has 0 atom stereocenters. The molecule has 43 heavy (non-hydrogen) atoms. The minimum absolute atomic E-state index is 0.00370. The second-order valence-electron chi connectivity index (χ2n) is 12.0. The monoisotopic (exact) mass is 554 g/mol. The smallest absolute Gasteiger partial charge is 0.200 e. The van der Waals surface area contributed by atoms with Gasteiger partial charge >= 0.3 is 0 Å². The Morgan fingerprint density at radius 3 is 2.30 bits per heavy atom. The summed E-state index contributed by atoms with van der Waals surface area (Å²) in [6, 6.07) is 37.4. The average Bonchev–Trinajstić information content (AvgIpc) is 3.50. The molecular weight excluding hydrogens is 528 g/mol. The molecule has 8 aromatic rings. The normalized spacial score (nSPS) is 13.6. The van der Waals surface area contributed by atoms with E-state index in [-0.39, 0.29) is 10.8 Å². The van der Waals surface area contributed by atoms with Crippen LogP contribution in [0.5, 0.6) is 0 Å². The maximum absolute atomic E-state index is 13.1. The van der Waals surface area contributed by atoms with E-state index in [2.05, 4.69) is 90.1 Å². The fourth-order valence-corrected chi connectivity index (χ4v) is 7.19. The third-order valence-corrected chi connectivity index (χ3v) is 9.31. The summed E-state index contributed by atoms with van der Waals surface area (Å²) in [5, 5.41) is 3.61. The Balaban J connectivity index is 1.25. The van der Waals surface area contributed by atoms with Crippen LogP contribution in [0, 0.1) is 0 Å². The summed E-state index contributed by atoms with van der Waals surface area (Å²) >= 11 is 0.